The standard InChI is InChI=1S/C22H20N6O.C20H17N5O.C18H12N6O.C17H12ClN5O.3CH4/c1-27(2)14-6-9-18-15-23-13-12-20(18)29-16-22-25-24-21-11-10-19(26-28(21)22)17-7-4-3-5-8-17;1-14(26)21-17-9-7-15(8-10-17)13-20-23-22-19-12-11-18(24-25(19)20)16-5-3-2-4-6-16;19-11-14-10-15(8-9-20-14)25-12-18-22-21-17-7-6-16(23-24(17)18)13-4-2-1-3-5-13;18-15-10-13(8-9-19-15)24-11-17-21-20-16-7-6-14(22-23(16)17)12-4-2-1-3-5-12;;;/h3-5,7-8,10-13,15H,14,16H2,1-2H3;2-12H,13H2,1H3,(H,21,26);1-10H,12H2;1-10H,11H2;3*1H4. The third-order valence-corrected chi connectivity index (χ3v) is 15.5. The molecule has 0 saturated heterocycles. The highest BCUT2D eigenvalue weighted by Gasteiger charge is 2.16. The predicted molar refractivity (Wildman–Crippen MR) is 409 cm³/mol. The summed E-state index contributed by atoms with van der Waals surface area (Å²) in [5.41, 5.74) is 13.1. The highest BCUT2D eigenvalue weighted by Crippen LogP contribution is 2.25. The molecule has 27 heteroatoms. The van der Waals surface area contributed by atoms with Gasteiger partial charge in [0.15, 0.2) is 45.9 Å². The van der Waals surface area contributed by atoms with E-state index in [0.29, 0.717) is 75.5 Å². The van der Waals surface area contributed by atoms with Crippen LogP contribution in [0.15, 0.2) is 249 Å². The van der Waals surface area contributed by atoms with Crippen LogP contribution in [0.2, 0.25) is 5.15 Å². The number of pyridine rings is 3. The summed E-state index contributed by atoms with van der Waals surface area (Å²) in [6, 6.07) is 73.2. The van der Waals surface area contributed by atoms with E-state index >= 15 is 0 Å². The highest BCUT2D eigenvalue weighted by atomic mass is 35.5. The Balaban J connectivity index is 0.000000151. The van der Waals surface area contributed by atoms with Gasteiger partial charge >= 0.3 is 0 Å². The number of amides is 1. The first-order valence-corrected chi connectivity index (χ1v) is 32.8. The number of nitrogens with zero attached hydrogens (tertiary/aromatic N) is 21. The van der Waals surface area contributed by atoms with E-state index in [1.807, 2.05) is 219 Å². The molecule has 11 heterocycles. The number of nitrogens with one attached hydrogen (secondary N) is 1. The number of hydrogen-bond acceptors (Lipinski definition) is 21. The van der Waals surface area contributed by atoms with Gasteiger partial charge in [-0.3, -0.25) is 14.7 Å². The topological polar surface area (TPSA) is 295 Å². The van der Waals surface area contributed by atoms with Crippen LogP contribution in [0.5, 0.6) is 17.2 Å². The first kappa shape index (κ1) is 75.6. The van der Waals surface area contributed by atoms with Crippen molar-refractivity contribution in [3.63, 3.8) is 0 Å². The molecule has 107 heavy (non-hydrogen) atoms. The summed E-state index contributed by atoms with van der Waals surface area (Å²) in [6.07, 6.45) is 7.10. The lowest BCUT2D eigenvalue weighted by Crippen LogP contribution is -2.10. The Morgan fingerprint density at radius 3 is 1.31 bits per heavy atom. The predicted octanol–water partition coefficient (Wildman–Crippen LogP) is 14.0. The molecule has 26 nitrogen and oxygen atoms in total. The average Bonchev–Trinajstić information content (AvgIpc) is 1.70. The summed E-state index contributed by atoms with van der Waals surface area (Å²) in [6.45, 7) is 2.79. The average molecular weight is 1440 g/mol. The zero-order valence-electron chi connectivity index (χ0n) is 56.1. The largest absolute Gasteiger partial charge is 0.485 e. The van der Waals surface area contributed by atoms with Crippen LogP contribution < -0.4 is 19.5 Å². The molecular weight excluding hydrogens is 1370 g/mol. The Labute approximate surface area is 622 Å². The molecule has 0 radical (unpaired) electrons. The molecule has 0 spiro atoms. The Morgan fingerprint density at radius 1 is 0.477 bits per heavy atom. The minimum Gasteiger partial charge on any atom is -0.485 e. The quantitative estimate of drug-likeness (QED) is 0.0654. The molecule has 0 aliphatic heterocycles. The minimum atomic E-state index is -0.0844. The van der Waals surface area contributed by atoms with Crippen molar-refractivity contribution in [1.29, 1.82) is 5.26 Å². The van der Waals surface area contributed by atoms with E-state index in [-0.39, 0.29) is 48.0 Å². The molecule has 16 aromatic rings. The minimum absolute atomic E-state index is 0. The van der Waals surface area contributed by atoms with E-state index in [9.17, 15) is 4.79 Å². The number of halogens is 1. The Morgan fingerprint density at radius 2 is 0.888 bits per heavy atom. The van der Waals surface area contributed by atoms with Crippen LogP contribution >= 0.6 is 11.6 Å². The van der Waals surface area contributed by atoms with Gasteiger partial charge < -0.3 is 19.5 Å². The van der Waals surface area contributed by atoms with Gasteiger partial charge in [0.2, 0.25) is 5.91 Å². The molecular formula is C80H73ClN22O4. The van der Waals surface area contributed by atoms with E-state index in [1.165, 1.54) is 13.1 Å². The molecule has 0 bridgehead atoms. The number of benzene rings is 5. The lowest BCUT2D eigenvalue weighted by molar-refractivity contribution is -0.114. The fourth-order valence-corrected chi connectivity index (χ4v) is 10.4. The summed E-state index contributed by atoms with van der Waals surface area (Å²) in [4.78, 5) is 25.1. The van der Waals surface area contributed by atoms with Crippen LogP contribution in [0.25, 0.3) is 67.6 Å². The van der Waals surface area contributed by atoms with Crippen LogP contribution in [0.1, 0.15) is 69.3 Å². The second kappa shape index (κ2) is 36.7. The van der Waals surface area contributed by atoms with Gasteiger partial charge in [0, 0.05) is 78.2 Å². The number of aromatic nitrogens is 19. The second-order valence-electron chi connectivity index (χ2n) is 23.0. The molecule has 0 atom stereocenters. The number of rotatable bonds is 17. The van der Waals surface area contributed by atoms with Crippen molar-refractivity contribution in [3.8, 4) is 80.2 Å². The van der Waals surface area contributed by atoms with Crippen LogP contribution in [-0.4, -0.2) is 126 Å². The summed E-state index contributed by atoms with van der Waals surface area (Å²) in [5.74, 6) is 10.5. The normalized spacial score (nSPS) is 10.4. The van der Waals surface area contributed by atoms with Gasteiger partial charge in [0.05, 0.1) is 34.9 Å². The molecule has 5 aromatic carbocycles. The summed E-state index contributed by atoms with van der Waals surface area (Å²) >= 11 is 5.85. The molecule has 1 amide bonds. The fraction of sp³-hybridized carbons (Fsp3) is 0.138. The van der Waals surface area contributed by atoms with Crippen LogP contribution in [0.3, 0.4) is 0 Å². The molecule has 534 valence electrons. The Bertz CT molecular complexity index is 5690. The number of carbonyl (C=O) groups is 1. The SMILES string of the molecule is C.C.C.CC(=O)Nc1ccc(Cc2nnc3ccc(-c4ccccc4)nn23)cc1.CN(C)CC#Cc1cnccc1OCc1nnc2ccc(-c3ccccc3)nn12.Clc1cc(OCc2nnc3ccc(-c4ccccc4)nn23)ccn1.N#Cc1cc(OCc2nnc3ccc(-c4ccccc4)nn23)ccn1. The number of nitriles is 1. The number of hydrogen-bond donors (Lipinski definition) is 1. The molecule has 1 N–H and O–H groups in total. The third kappa shape index (κ3) is 19.8. The number of carbonyl (C=O) groups excluding carboxylic acids is 1. The molecule has 11 aromatic heterocycles. The van der Waals surface area contributed by atoms with E-state index in [1.54, 1.807) is 67.0 Å². The van der Waals surface area contributed by atoms with Crippen LogP contribution in [-0.2, 0) is 31.0 Å². The smallest absolute Gasteiger partial charge is 0.221 e. The summed E-state index contributed by atoms with van der Waals surface area (Å²) < 4.78 is 24.2. The number of anilines is 1. The lowest BCUT2D eigenvalue weighted by atomic mass is 10.1. The molecule has 0 aliphatic rings. The summed E-state index contributed by atoms with van der Waals surface area (Å²) in [5, 5.41) is 64.0. The van der Waals surface area contributed by atoms with Crippen molar-refractivity contribution in [2.24, 2.45) is 0 Å². The van der Waals surface area contributed by atoms with Crippen molar-refractivity contribution in [2.75, 3.05) is 26.0 Å². The van der Waals surface area contributed by atoms with Crippen molar-refractivity contribution in [1.82, 2.24) is 99.1 Å². The first-order chi connectivity index (χ1) is 51.0. The Hall–Kier alpha value is -14.1. The maximum atomic E-state index is 11.1. The van der Waals surface area contributed by atoms with E-state index in [2.05, 4.69) is 88.2 Å². The van der Waals surface area contributed by atoms with Gasteiger partial charge in [-0.2, -0.15) is 43.7 Å². The van der Waals surface area contributed by atoms with Crippen molar-refractivity contribution >= 4 is 45.8 Å². The molecule has 16 rings (SSSR count). The monoisotopic (exact) mass is 1440 g/mol. The number of ether oxygens (including phenoxy) is 3. The van der Waals surface area contributed by atoms with Crippen LogP contribution in [0.4, 0.5) is 5.69 Å². The number of fused-ring (bicyclic) bond motifs is 4. The van der Waals surface area contributed by atoms with E-state index in [4.69, 9.17) is 36.2 Å². The zero-order valence-corrected chi connectivity index (χ0v) is 56.9. The maximum Gasteiger partial charge on any atom is 0.221 e. The van der Waals surface area contributed by atoms with Gasteiger partial charge in [-0.25, -0.2) is 9.97 Å². The van der Waals surface area contributed by atoms with Crippen LogP contribution in [0, 0.1) is 23.2 Å². The molecule has 0 fully saturated rings. The second-order valence-corrected chi connectivity index (χ2v) is 23.4. The third-order valence-electron chi connectivity index (χ3n) is 15.3. The van der Waals surface area contributed by atoms with Gasteiger partial charge in [-0.1, -0.05) is 179 Å². The maximum absolute atomic E-state index is 11.1. The van der Waals surface area contributed by atoms with Crippen molar-refractivity contribution < 1.29 is 19.0 Å². The fourth-order valence-electron chi connectivity index (χ4n) is 10.2. The lowest BCUT2D eigenvalue weighted by Gasteiger charge is -2.07. The van der Waals surface area contributed by atoms with Gasteiger partial charge in [-0.05, 0) is 98.5 Å². The van der Waals surface area contributed by atoms with Gasteiger partial charge in [0.1, 0.15) is 54.0 Å². The van der Waals surface area contributed by atoms with E-state index < -0.39 is 0 Å². The van der Waals surface area contributed by atoms with Crippen molar-refractivity contribution in [3.05, 3.63) is 295 Å². The first-order valence-electron chi connectivity index (χ1n) is 32.4. The Kier molecular flexibility index (Phi) is 25.9. The van der Waals surface area contributed by atoms with E-state index in [0.717, 1.165) is 73.3 Å². The van der Waals surface area contributed by atoms with Gasteiger partial charge in [0.25, 0.3) is 0 Å². The molecule has 0 saturated carbocycles. The van der Waals surface area contributed by atoms with Gasteiger partial charge in [-0.15, -0.1) is 40.8 Å². The zero-order chi connectivity index (χ0) is 71.4. The van der Waals surface area contributed by atoms with Crippen molar-refractivity contribution in [2.45, 2.75) is 55.4 Å². The highest BCUT2D eigenvalue weighted by molar-refractivity contribution is 6.29. The summed E-state index contributed by atoms with van der Waals surface area (Å²) in [7, 11) is 3.95. The molecule has 0 aliphatic carbocycles. The molecule has 0 unspecified atom stereocenters.